The molecule has 0 radical (unpaired) electrons. The van der Waals surface area contributed by atoms with E-state index in [1.54, 1.807) is 11.0 Å². The number of thiophene rings is 1. The molecule has 3 saturated heterocycles. The van der Waals surface area contributed by atoms with Crippen molar-refractivity contribution >= 4 is 44.8 Å². The maximum absolute atomic E-state index is 12.9. The molecule has 3 aliphatic rings. The number of hydrogen-bond acceptors (Lipinski definition) is 6. The van der Waals surface area contributed by atoms with Gasteiger partial charge in [-0.15, -0.1) is 11.3 Å². The lowest BCUT2D eigenvalue weighted by molar-refractivity contribution is -0.151. The van der Waals surface area contributed by atoms with Crippen LogP contribution < -0.4 is 4.72 Å². The van der Waals surface area contributed by atoms with Gasteiger partial charge in [0.25, 0.3) is 0 Å². The Morgan fingerprint density at radius 1 is 1.12 bits per heavy atom. The maximum Gasteiger partial charge on any atom is 0.312 e. The summed E-state index contributed by atoms with van der Waals surface area (Å²) >= 11 is 7.26. The van der Waals surface area contributed by atoms with E-state index in [0.717, 1.165) is 42.9 Å². The summed E-state index contributed by atoms with van der Waals surface area (Å²) in [4.78, 5) is 32.4. The molecule has 4 rings (SSSR count). The molecule has 3 aliphatic heterocycles. The molecule has 0 aromatic carbocycles. The van der Waals surface area contributed by atoms with Crippen LogP contribution in [0.2, 0.25) is 4.34 Å². The largest absolute Gasteiger partial charge is 0.330 e. The quantitative estimate of drug-likeness (QED) is 0.562. The van der Waals surface area contributed by atoms with E-state index in [1.807, 2.05) is 6.07 Å². The molecule has 0 saturated carbocycles. The molecular weight excluding hydrogens is 484 g/mol. The first-order chi connectivity index (χ1) is 15.8. The molecule has 1 aromatic rings. The number of aryl methyl sites for hydroxylation is 1. The molecule has 182 valence electrons. The zero-order valence-electron chi connectivity index (χ0n) is 18.7. The number of nitrogens with zero attached hydrogens (tertiary/aromatic N) is 3. The second-order valence-electron chi connectivity index (χ2n) is 8.97. The SMILES string of the molecule is O=C(C(=O)N1CCC[C@H]1CN1CCCC1)N1CCC(=CNS(=O)(=O)CCc2ccc(Cl)s2)C1. The summed E-state index contributed by atoms with van der Waals surface area (Å²) in [7, 11) is -3.49. The number of carbonyl (C=O) groups is 2. The predicted molar refractivity (Wildman–Crippen MR) is 130 cm³/mol. The highest BCUT2D eigenvalue weighted by atomic mass is 35.5. The van der Waals surface area contributed by atoms with E-state index < -0.39 is 21.8 Å². The Bertz CT molecular complexity index is 1000. The monoisotopic (exact) mass is 514 g/mol. The Labute approximate surface area is 204 Å². The fourth-order valence-corrected chi connectivity index (χ4v) is 6.91. The number of rotatable bonds is 7. The minimum Gasteiger partial charge on any atom is -0.330 e. The molecule has 1 N–H and O–H groups in total. The molecule has 0 spiro atoms. The number of nitrogens with one attached hydrogen (secondary N) is 1. The number of halogens is 1. The molecule has 0 aliphatic carbocycles. The number of sulfonamides is 1. The Morgan fingerprint density at radius 3 is 2.64 bits per heavy atom. The van der Waals surface area contributed by atoms with Crippen LogP contribution in [-0.2, 0) is 26.0 Å². The smallest absolute Gasteiger partial charge is 0.312 e. The Hall–Kier alpha value is -1.62. The zero-order chi connectivity index (χ0) is 23.4. The Balaban J connectivity index is 1.27. The van der Waals surface area contributed by atoms with Crippen LogP contribution in [-0.4, -0.2) is 86.0 Å². The number of carbonyl (C=O) groups excluding carboxylic acids is 2. The van der Waals surface area contributed by atoms with Crippen LogP contribution in [0.25, 0.3) is 0 Å². The van der Waals surface area contributed by atoms with Crippen LogP contribution >= 0.6 is 22.9 Å². The Morgan fingerprint density at radius 2 is 1.91 bits per heavy atom. The van der Waals surface area contributed by atoms with Gasteiger partial charge in [0.2, 0.25) is 10.0 Å². The third-order valence-corrected chi connectivity index (χ3v) is 9.07. The van der Waals surface area contributed by atoms with E-state index in [-0.39, 0.29) is 18.3 Å². The van der Waals surface area contributed by atoms with Crippen LogP contribution in [0.15, 0.2) is 23.9 Å². The summed E-state index contributed by atoms with van der Waals surface area (Å²) in [5, 5.41) is 0. The fraction of sp³-hybridized carbons (Fsp3) is 0.636. The molecule has 1 aromatic heterocycles. The van der Waals surface area contributed by atoms with Gasteiger partial charge in [0.1, 0.15) is 0 Å². The van der Waals surface area contributed by atoms with Gasteiger partial charge in [-0.05, 0) is 69.3 Å². The van der Waals surface area contributed by atoms with Crippen molar-refractivity contribution in [2.45, 2.75) is 44.6 Å². The molecule has 3 fully saturated rings. The topological polar surface area (TPSA) is 90.0 Å². The van der Waals surface area contributed by atoms with E-state index in [0.29, 0.717) is 30.3 Å². The normalized spacial score (nSPS) is 23.1. The van der Waals surface area contributed by atoms with Gasteiger partial charge in [0, 0.05) is 43.3 Å². The van der Waals surface area contributed by atoms with Gasteiger partial charge < -0.3 is 14.7 Å². The van der Waals surface area contributed by atoms with Crippen LogP contribution in [0.5, 0.6) is 0 Å². The van der Waals surface area contributed by atoms with E-state index in [4.69, 9.17) is 11.6 Å². The van der Waals surface area contributed by atoms with E-state index in [2.05, 4.69) is 9.62 Å². The van der Waals surface area contributed by atoms with Crippen molar-refractivity contribution in [3.63, 3.8) is 0 Å². The molecule has 0 unspecified atom stereocenters. The second-order valence-corrected chi connectivity index (χ2v) is 12.6. The molecule has 8 nitrogen and oxygen atoms in total. The first-order valence-corrected chi connectivity index (χ1v) is 14.4. The number of likely N-dealkylation sites (tertiary alicyclic amines) is 3. The summed E-state index contributed by atoms with van der Waals surface area (Å²) < 4.78 is 27.8. The lowest BCUT2D eigenvalue weighted by Gasteiger charge is -2.29. The third kappa shape index (κ3) is 6.49. The van der Waals surface area contributed by atoms with Gasteiger partial charge in [-0.1, -0.05) is 11.6 Å². The molecule has 0 bridgehead atoms. The molecule has 4 heterocycles. The average Bonchev–Trinajstić information content (AvgIpc) is 3.58. The summed E-state index contributed by atoms with van der Waals surface area (Å²) in [5.41, 5.74) is 0.800. The van der Waals surface area contributed by atoms with Gasteiger partial charge in [0.05, 0.1) is 10.1 Å². The highest BCUT2D eigenvalue weighted by molar-refractivity contribution is 7.89. The minimum absolute atomic E-state index is 0.0396. The van der Waals surface area contributed by atoms with Gasteiger partial charge in [-0.25, -0.2) is 8.42 Å². The predicted octanol–water partition coefficient (Wildman–Crippen LogP) is 2.07. The molecule has 1 atom stereocenters. The third-order valence-electron chi connectivity index (χ3n) is 6.56. The first kappa shape index (κ1) is 24.5. The molecule has 11 heteroatoms. The van der Waals surface area contributed by atoms with E-state index in [9.17, 15) is 18.0 Å². The van der Waals surface area contributed by atoms with Gasteiger partial charge >= 0.3 is 11.8 Å². The van der Waals surface area contributed by atoms with Crippen molar-refractivity contribution in [3.8, 4) is 0 Å². The van der Waals surface area contributed by atoms with Crippen LogP contribution in [0.3, 0.4) is 0 Å². The second kappa shape index (κ2) is 10.8. The van der Waals surface area contributed by atoms with Crippen molar-refractivity contribution in [1.82, 2.24) is 19.4 Å². The van der Waals surface area contributed by atoms with Crippen LogP contribution in [0, 0.1) is 0 Å². The van der Waals surface area contributed by atoms with Crippen LogP contribution in [0.1, 0.15) is 37.0 Å². The first-order valence-electron chi connectivity index (χ1n) is 11.5. The van der Waals surface area contributed by atoms with Crippen molar-refractivity contribution in [2.75, 3.05) is 45.0 Å². The van der Waals surface area contributed by atoms with Gasteiger partial charge in [0.15, 0.2) is 0 Å². The lowest BCUT2D eigenvalue weighted by Crippen LogP contribution is -2.49. The van der Waals surface area contributed by atoms with Crippen molar-refractivity contribution in [3.05, 3.63) is 33.1 Å². The van der Waals surface area contributed by atoms with Crippen molar-refractivity contribution in [2.24, 2.45) is 0 Å². The summed E-state index contributed by atoms with van der Waals surface area (Å²) in [6.07, 6.45) is 6.70. The minimum atomic E-state index is -3.49. The highest BCUT2D eigenvalue weighted by Gasteiger charge is 2.37. The van der Waals surface area contributed by atoms with Crippen molar-refractivity contribution < 1.29 is 18.0 Å². The number of hydrogen-bond donors (Lipinski definition) is 1. The average molecular weight is 515 g/mol. The maximum atomic E-state index is 12.9. The Kier molecular flexibility index (Phi) is 7.99. The highest BCUT2D eigenvalue weighted by Crippen LogP contribution is 2.23. The van der Waals surface area contributed by atoms with E-state index >= 15 is 0 Å². The van der Waals surface area contributed by atoms with Crippen molar-refractivity contribution in [1.29, 1.82) is 0 Å². The summed E-state index contributed by atoms with van der Waals surface area (Å²) in [6.45, 7) is 4.33. The summed E-state index contributed by atoms with van der Waals surface area (Å²) in [5.74, 6) is -0.945. The van der Waals surface area contributed by atoms with Crippen LogP contribution in [0.4, 0.5) is 0 Å². The van der Waals surface area contributed by atoms with E-state index in [1.165, 1.54) is 35.3 Å². The van der Waals surface area contributed by atoms with Gasteiger partial charge in [-0.3, -0.25) is 14.3 Å². The molecular formula is C22H31ClN4O4S2. The lowest BCUT2D eigenvalue weighted by atomic mass is 10.2. The number of amides is 2. The zero-order valence-corrected chi connectivity index (χ0v) is 21.1. The standard InChI is InChI=1S/C22H31ClN4O4S2/c23-20-6-5-19(32-20)8-13-33(30,31)24-14-17-7-12-26(15-17)21(28)22(29)27-11-3-4-18(27)16-25-9-1-2-10-25/h5-6,14,18,24H,1-4,7-13,15-16H2/t18-/m0/s1. The summed E-state index contributed by atoms with van der Waals surface area (Å²) in [6, 6.07) is 3.70. The fourth-order valence-electron chi connectivity index (χ4n) is 4.74. The van der Waals surface area contributed by atoms with Gasteiger partial charge in [-0.2, -0.15) is 0 Å². The molecule has 33 heavy (non-hydrogen) atoms. The molecule has 2 amide bonds.